The molecule has 3 unspecified atom stereocenters. The van der Waals surface area contributed by atoms with Crippen molar-refractivity contribution in [3.63, 3.8) is 0 Å². The van der Waals surface area contributed by atoms with Crippen LogP contribution in [-0.2, 0) is 9.53 Å². The SMILES string of the molecule is CC(C)COCCCNC(=O)C1CC(C)CC(N)C1. The first-order chi connectivity index (χ1) is 8.99. The second-order valence-corrected chi connectivity index (χ2v) is 6.38. The van der Waals surface area contributed by atoms with Crippen LogP contribution in [0.25, 0.3) is 0 Å². The highest BCUT2D eigenvalue weighted by molar-refractivity contribution is 5.78. The molecule has 1 aliphatic carbocycles. The molecule has 112 valence electrons. The highest BCUT2D eigenvalue weighted by Gasteiger charge is 2.28. The van der Waals surface area contributed by atoms with Crippen LogP contribution in [0, 0.1) is 17.8 Å². The van der Waals surface area contributed by atoms with E-state index in [-0.39, 0.29) is 17.9 Å². The van der Waals surface area contributed by atoms with Crippen molar-refractivity contribution >= 4 is 5.91 Å². The second kappa shape index (κ2) is 8.54. The summed E-state index contributed by atoms with van der Waals surface area (Å²) in [6.45, 7) is 8.67. The summed E-state index contributed by atoms with van der Waals surface area (Å²) in [4.78, 5) is 12.0. The minimum absolute atomic E-state index is 0.107. The molecule has 0 aromatic heterocycles. The van der Waals surface area contributed by atoms with E-state index >= 15 is 0 Å². The Bertz CT molecular complexity index is 259. The smallest absolute Gasteiger partial charge is 0.223 e. The number of carbonyl (C=O) groups is 1. The molecule has 3 N–H and O–H groups in total. The average molecular weight is 270 g/mol. The monoisotopic (exact) mass is 270 g/mol. The van der Waals surface area contributed by atoms with E-state index in [2.05, 4.69) is 26.1 Å². The maximum Gasteiger partial charge on any atom is 0.223 e. The molecule has 4 heteroatoms. The van der Waals surface area contributed by atoms with Crippen LogP contribution < -0.4 is 11.1 Å². The molecular weight excluding hydrogens is 240 g/mol. The van der Waals surface area contributed by atoms with E-state index in [0.717, 1.165) is 38.9 Å². The second-order valence-electron chi connectivity index (χ2n) is 6.38. The number of carbonyl (C=O) groups excluding carboxylic acids is 1. The van der Waals surface area contributed by atoms with E-state index in [0.29, 0.717) is 18.4 Å². The average Bonchev–Trinajstić information content (AvgIpc) is 2.31. The van der Waals surface area contributed by atoms with Crippen LogP contribution in [0.3, 0.4) is 0 Å². The fourth-order valence-electron chi connectivity index (χ4n) is 2.72. The zero-order chi connectivity index (χ0) is 14.3. The van der Waals surface area contributed by atoms with Gasteiger partial charge in [-0.15, -0.1) is 0 Å². The minimum Gasteiger partial charge on any atom is -0.381 e. The Balaban J connectivity index is 2.10. The third kappa shape index (κ3) is 6.92. The van der Waals surface area contributed by atoms with E-state index < -0.39 is 0 Å². The van der Waals surface area contributed by atoms with Crippen LogP contribution in [0.2, 0.25) is 0 Å². The van der Waals surface area contributed by atoms with Gasteiger partial charge in [0.1, 0.15) is 0 Å². The number of nitrogens with one attached hydrogen (secondary N) is 1. The Labute approximate surface area is 117 Å². The van der Waals surface area contributed by atoms with Gasteiger partial charge in [-0.1, -0.05) is 20.8 Å². The summed E-state index contributed by atoms with van der Waals surface area (Å²) in [5.41, 5.74) is 5.98. The van der Waals surface area contributed by atoms with Gasteiger partial charge in [-0.25, -0.2) is 0 Å². The molecule has 3 atom stereocenters. The molecule has 0 aliphatic heterocycles. The van der Waals surface area contributed by atoms with Crippen LogP contribution in [0.4, 0.5) is 0 Å². The molecule has 1 amide bonds. The van der Waals surface area contributed by atoms with Crippen molar-refractivity contribution in [2.45, 2.75) is 52.5 Å². The molecule has 0 spiro atoms. The van der Waals surface area contributed by atoms with E-state index in [9.17, 15) is 4.79 Å². The summed E-state index contributed by atoms with van der Waals surface area (Å²) in [7, 11) is 0. The first kappa shape index (κ1) is 16.4. The summed E-state index contributed by atoms with van der Waals surface area (Å²) in [6, 6.07) is 0.189. The van der Waals surface area contributed by atoms with Crippen molar-refractivity contribution < 1.29 is 9.53 Å². The Morgan fingerprint density at radius 1 is 1.37 bits per heavy atom. The van der Waals surface area contributed by atoms with Crippen LogP contribution in [-0.4, -0.2) is 31.7 Å². The Morgan fingerprint density at radius 2 is 2.11 bits per heavy atom. The Hall–Kier alpha value is -0.610. The Kier molecular flexibility index (Phi) is 7.39. The fourth-order valence-corrected chi connectivity index (χ4v) is 2.72. The zero-order valence-corrected chi connectivity index (χ0v) is 12.7. The molecule has 19 heavy (non-hydrogen) atoms. The predicted molar refractivity (Wildman–Crippen MR) is 77.8 cm³/mol. The summed E-state index contributed by atoms with van der Waals surface area (Å²) < 4.78 is 5.49. The topological polar surface area (TPSA) is 64.3 Å². The van der Waals surface area contributed by atoms with E-state index in [1.807, 2.05) is 0 Å². The first-order valence-corrected chi connectivity index (χ1v) is 7.60. The predicted octanol–water partition coefficient (Wildman–Crippen LogP) is 1.93. The number of amides is 1. The lowest BCUT2D eigenvalue weighted by Crippen LogP contribution is -2.40. The van der Waals surface area contributed by atoms with Crippen LogP contribution >= 0.6 is 0 Å². The summed E-state index contributed by atoms with van der Waals surface area (Å²) in [5.74, 6) is 1.41. The van der Waals surface area contributed by atoms with Gasteiger partial charge in [-0.05, 0) is 37.5 Å². The molecular formula is C15H30N2O2. The number of rotatable bonds is 7. The lowest BCUT2D eigenvalue weighted by Gasteiger charge is -2.30. The highest BCUT2D eigenvalue weighted by Crippen LogP contribution is 2.27. The molecule has 0 radical (unpaired) electrons. The molecule has 0 aromatic carbocycles. The van der Waals surface area contributed by atoms with Gasteiger partial charge in [0.2, 0.25) is 5.91 Å². The van der Waals surface area contributed by atoms with Gasteiger partial charge in [-0.2, -0.15) is 0 Å². The number of nitrogens with two attached hydrogens (primary N) is 1. The van der Waals surface area contributed by atoms with Crippen molar-refractivity contribution in [2.75, 3.05) is 19.8 Å². The van der Waals surface area contributed by atoms with Gasteiger partial charge in [0, 0.05) is 31.7 Å². The number of hydrogen-bond donors (Lipinski definition) is 2. The van der Waals surface area contributed by atoms with Gasteiger partial charge in [0.05, 0.1) is 0 Å². The molecule has 0 saturated heterocycles. The minimum atomic E-state index is 0.107. The van der Waals surface area contributed by atoms with Crippen LogP contribution in [0.5, 0.6) is 0 Å². The molecule has 1 fully saturated rings. The number of ether oxygens (including phenoxy) is 1. The van der Waals surface area contributed by atoms with Crippen molar-refractivity contribution in [3.8, 4) is 0 Å². The van der Waals surface area contributed by atoms with Crippen LogP contribution in [0.1, 0.15) is 46.5 Å². The first-order valence-electron chi connectivity index (χ1n) is 7.60. The van der Waals surface area contributed by atoms with E-state index in [1.165, 1.54) is 0 Å². The summed E-state index contributed by atoms with van der Waals surface area (Å²) in [6.07, 6.45) is 3.74. The molecule has 0 bridgehead atoms. The third-order valence-electron chi connectivity index (χ3n) is 3.57. The quantitative estimate of drug-likeness (QED) is 0.695. The van der Waals surface area contributed by atoms with Crippen LogP contribution in [0.15, 0.2) is 0 Å². The van der Waals surface area contributed by atoms with Gasteiger partial charge >= 0.3 is 0 Å². The van der Waals surface area contributed by atoms with Crippen molar-refractivity contribution in [1.82, 2.24) is 5.32 Å². The van der Waals surface area contributed by atoms with Gasteiger partial charge in [-0.3, -0.25) is 4.79 Å². The zero-order valence-electron chi connectivity index (χ0n) is 12.7. The molecule has 4 nitrogen and oxygen atoms in total. The van der Waals surface area contributed by atoms with Gasteiger partial charge < -0.3 is 15.8 Å². The van der Waals surface area contributed by atoms with Crippen molar-refractivity contribution in [2.24, 2.45) is 23.5 Å². The molecule has 1 saturated carbocycles. The maximum absolute atomic E-state index is 12.0. The van der Waals surface area contributed by atoms with Gasteiger partial charge in [0.25, 0.3) is 0 Å². The van der Waals surface area contributed by atoms with E-state index in [1.54, 1.807) is 0 Å². The maximum atomic E-state index is 12.0. The fraction of sp³-hybridized carbons (Fsp3) is 0.933. The molecule has 0 heterocycles. The van der Waals surface area contributed by atoms with Crippen molar-refractivity contribution in [1.29, 1.82) is 0 Å². The van der Waals surface area contributed by atoms with E-state index in [4.69, 9.17) is 10.5 Å². The molecule has 1 rings (SSSR count). The lowest BCUT2D eigenvalue weighted by molar-refractivity contribution is -0.126. The largest absolute Gasteiger partial charge is 0.381 e. The van der Waals surface area contributed by atoms with Gasteiger partial charge in [0.15, 0.2) is 0 Å². The highest BCUT2D eigenvalue weighted by atomic mass is 16.5. The third-order valence-corrected chi connectivity index (χ3v) is 3.57. The normalized spacial score (nSPS) is 27.5. The summed E-state index contributed by atoms with van der Waals surface area (Å²) >= 11 is 0. The molecule has 0 aromatic rings. The summed E-state index contributed by atoms with van der Waals surface area (Å²) in [5, 5.41) is 3.01. The standard InChI is InChI=1S/C15H30N2O2/c1-11(2)10-19-6-4-5-17-15(18)13-7-12(3)8-14(16)9-13/h11-14H,4-10,16H2,1-3H3,(H,17,18). The van der Waals surface area contributed by atoms with Crippen molar-refractivity contribution in [3.05, 3.63) is 0 Å². The Morgan fingerprint density at radius 3 is 2.74 bits per heavy atom. The molecule has 1 aliphatic rings. The number of hydrogen-bond acceptors (Lipinski definition) is 3. The lowest BCUT2D eigenvalue weighted by atomic mass is 9.79.